The molecule has 2 aromatic rings. The molecule has 2 aliphatic rings. The third kappa shape index (κ3) is 2.75. The van der Waals surface area contributed by atoms with E-state index in [0.29, 0.717) is 52.5 Å². The van der Waals surface area contributed by atoms with Crippen LogP contribution >= 0.6 is 0 Å². The number of rotatable bonds is 3. The van der Waals surface area contributed by atoms with E-state index >= 15 is 0 Å². The summed E-state index contributed by atoms with van der Waals surface area (Å²) in [5, 5.41) is 0.960. The molecule has 9 nitrogen and oxygen atoms in total. The first-order valence-electron chi connectivity index (χ1n) is 8.02. The molecular weight excluding hydrogens is 332 g/mol. The first-order chi connectivity index (χ1) is 11.7. The van der Waals surface area contributed by atoms with Crippen LogP contribution in [0.25, 0.3) is 11.0 Å². The van der Waals surface area contributed by atoms with Crippen molar-refractivity contribution in [2.24, 2.45) is 0 Å². The van der Waals surface area contributed by atoms with Gasteiger partial charge in [0.15, 0.2) is 0 Å². The Hall–Kier alpha value is -1.75. The van der Waals surface area contributed by atoms with Crippen LogP contribution in [-0.4, -0.2) is 84.5 Å². The lowest BCUT2D eigenvalue weighted by Gasteiger charge is -2.38. The molecule has 0 radical (unpaired) electrons. The molecule has 0 amide bonds. The smallest absolute Gasteiger partial charge is 0.282 e. The van der Waals surface area contributed by atoms with Crippen LogP contribution in [0.15, 0.2) is 18.6 Å². The Morgan fingerprint density at radius 3 is 2.46 bits per heavy atom. The fraction of sp³-hybridized carbons (Fsp3) is 0.571. The van der Waals surface area contributed by atoms with Crippen molar-refractivity contribution in [3.8, 4) is 0 Å². The molecule has 2 fully saturated rings. The fourth-order valence-electron chi connectivity index (χ4n) is 3.18. The van der Waals surface area contributed by atoms with Gasteiger partial charge in [-0.25, -0.2) is 9.97 Å². The number of piperazine rings is 1. The van der Waals surface area contributed by atoms with E-state index in [-0.39, 0.29) is 0 Å². The van der Waals surface area contributed by atoms with Crippen molar-refractivity contribution in [3.63, 3.8) is 0 Å². The number of morpholine rings is 1. The van der Waals surface area contributed by atoms with Crippen LogP contribution in [0.4, 0.5) is 5.82 Å². The molecule has 130 valence electrons. The molecule has 0 unspecified atom stereocenters. The number of nitrogens with one attached hydrogen (secondary N) is 1. The van der Waals surface area contributed by atoms with Crippen LogP contribution in [0.5, 0.6) is 0 Å². The Bertz CT molecular complexity index is 809. The van der Waals surface area contributed by atoms with Crippen LogP contribution in [-0.2, 0) is 14.9 Å². The molecule has 0 bridgehead atoms. The van der Waals surface area contributed by atoms with Crippen LogP contribution in [0, 0.1) is 0 Å². The number of ether oxygens (including phenoxy) is 1. The summed E-state index contributed by atoms with van der Waals surface area (Å²) in [4.78, 5) is 13.8. The Kier molecular flexibility index (Phi) is 4.12. The van der Waals surface area contributed by atoms with E-state index in [4.69, 9.17) is 4.74 Å². The first-order valence-corrected chi connectivity index (χ1v) is 9.42. The van der Waals surface area contributed by atoms with Crippen LogP contribution in [0.2, 0.25) is 0 Å². The molecule has 2 aromatic heterocycles. The molecule has 0 aromatic carbocycles. The average molecular weight is 352 g/mol. The van der Waals surface area contributed by atoms with Gasteiger partial charge in [-0.3, -0.25) is 0 Å². The predicted molar refractivity (Wildman–Crippen MR) is 89.0 cm³/mol. The van der Waals surface area contributed by atoms with Gasteiger partial charge in [-0.2, -0.15) is 17.0 Å². The number of nitrogens with zero attached hydrogens (tertiary/aromatic N) is 5. The van der Waals surface area contributed by atoms with Gasteiger partial charge in [0, 0.05) is 45.5 Å². The number of anilines is 1. The van der Waals surface area contributed by atoms with Gasteiger partial charge in [0.05, 0.1) is 18.6 Å². The lowest BCUT2D eigenvalue weighted by molar-refractivity contribution is 0.0700. The standard InChI is InChI=1S/C14H20N6O3S/c21-24(22,20-7-9-23-10-8-20)19-5-3-18(4-6-19)14-12-1-2-15-13(12)16-11-17-14/h1-2,11H,3-10H2,(H,15,16,17). The second kappa shape index (κ2) is 6.28. The summed E-state index contributed by atoms with van der Waals surface area (Å²) in [6, 6.07) is 1.95. The van der Waals surface area contributed by atoms with Gasteiger partial charge in [-0.05, 0) is 6.07 Å². The molecule has 0 spiro atoms. The maximum Gasteiger partial charge on any atom is 0.282 e. The van der Waals surface area contributed by atoms with Crippen molar-refractivity contribution in [1.29, 1.82) is 0 Å². The van der Waals surface area contributed by atoms with Gasteiger partial charge in [0.2, 0.25) is 0 Å². The van der Waals surface area contributed by atoms with Crippen molar-refractivity contribution in [1.82, 2.24) is 23.6 Å². The highest BCUT2D eigenvalue weighted by Crippen LogP contribution is 2.24. The Labute approximate surface area is 140 Å². The molecule has 0 aliphatic carbocycles. The van der Waals surface area contributed by atoms with Crippen LogP contribution in [0.1, 0.15) is 0 Å². The Balaban J connectivity index is 1.48. The normalized spacial score (nSPS) is 21.4. The topological polar surface area (TPSA) is 94.7 Å². The monoisotopic (exact) mass is 352 g/mol. The summed E-state index contributed by atoms with van der Waals surface area (Å²) in [5.74, 6) is 0.852. The van der Waals surface area contributed by atoms with E-state index in [2.05, 4.69) is 19.9 Å². The van der Waals surface area contributed by atoms with Gasteiger partial charge in [0.25, 0.3) is 10.2 Å². The average Bonchev–Trinajstić information content (AvgIpc) is 3.11. The van der Waals surface area contributed by atoms with E-state index in [1.54, 1.807) is 4.31 Å². The third-order valence-corrected chi connectivity index (χ3v) is 6.53. The Morgan fingerprint density at radius 1 is 1.00 bits per heavy atom. The zero-order valence-electron chi connectivity index (χ0n) is 13.3. The highest BCUT2D eigenvalue weighted by molar-refractivity contribution is 7.86. The molecule has 1 N–H and O–H groups in total. The van der Waals surface area contributed by atoms with Crippen LogP contribution in [0.3, 0.4) is 0 Å². The van der Waals surface area contributed by atoms with Gasteiger partial charge in [-0.15, -0.1) is 0 Å². The SMILES string of the molecule is O=S(=O)(N1CCOCC1)N1CCN(c2ncnc3[nH]ccc23)CC1. The van der Waals surface area contributed by atoms with Gasteiger partial charge >= 0.3 is 0 Å². The maximum absolute atomic E-state index is 12.7. The molecule has 4 heterocycles. The van der Waals surface area contributed by atoms with Gasteiger partial charge in [-0.1, -0.05) is 0 Å². The van der Waals surface area contributed by atoms with Crippen LogP contribution < -0.4 is 4.90 Å². The minimum Gasteiger partial charge on any atom is -0.379 e. The van der Waals surface area contributed by atoms with Gasteiger partial charge < -0.3 is 14.6 Å². The number of hydrogen-bond acceptors (Lipinski definition) is 6. The summed E-state index contributed by atoms with van der Waals surface area (Å²) in [6.07, 6.45) is 3.37. The molecule has 2 saturated heterocycles. The first kappa shape index (κ1) is 15.8. The van der Waals surface area contributed by atoms with E-state index < -0.39 is 10.2 Å². The van der Waals surface area contributed by atoms with E-state index in [0.717, 1.165) is 16.9 Å². The number of aromatic nitrogens is 3. The van der Waals surface area contributed by atoms with Crippen molar-refractivity contribution < 1.29 is 13.2 Å². The number of H-pyrrole nitrogens is 1. The molecule has 2 aliphatic heterocycles. The van der Waals surface area contributed by atoms with E-state index in [1.165, 1.54) is 10.6 Å². The summed E-state index contributed by atoms with van der Waals surface area (Å²) in [7, 11) is -3.40. The summed E-state index contributed by atoms with van der Waals surface area (Å²) in [6.45, 7) is 3.92. The summed E-state index contributed by atoms with van der Waals surface area (Å²) in [5.41, 5.74) is 0.795. The zero-order valence-corrected chi connectivity index (χ0v) is 14.1. The quantitative estimate of drug-likeness (QED) is 0.812. The molecule has 0 atom stereocenters. The molecule has 24 heavy (non-hydrogen) atoms. The minimum absolute atomic E-state index is 0.429. The second-order valence-electron chi connectivity index (χ2n) is 5.84. The minimum atomic E-state index is -3.40. The van der Waals surface area contributed by atoms with Crippen molar-refractivity contribution in [2.45, 2.75) is 0 Å². The number of hydrogen-bond donors (Lipinski definition) is 1. The molecule has 10 heteroatoms. The fourth-order valence-corrected chi connectivity index (χ4v) is 4.74. The highest BCUT2D eigenvalue weighted by atomic mass is 32.2. The number of fused-ring (bicyclic) bond motifs is 1. The lowest BCUT2D eigenvalue weighted by Crippen LogP contribution is -2.55. The zero-order chi connectivity index (χ0) is 16.6. The predicted octanol–water partition coefficient (Wildman–Crippen LogP) is -0.343. The van der Waals surface area contributed by atoms with E-state index in [9.17, 15) is 8.42 Å². The second-order valence-corrected chi connectivity index (χ2v) is 7.77. The van der Waals surface area contributed by atoms with Crippen molar-refractivity contribution >= 4 is 27.1 Å². The lowest BCUT2D eigenvalue weighted by atomic mass is 10.3. The van der Waals surface area contributed by atoms with Crippen molar-refractivity contribution in [2.75, 3.05) is 57.4 Å². The third-order valence-electron chi connectivity index (χ3n) is 4.49. The molecular formula is C14H20N6O3S. The Morgan fingerprint density at radius 2 is 1.71 bits per heavy atom. The largest absolute Gasteiger partial charge is 0.379 e. The van der Waals surface area contributed by atoms with Crippen molar-refractivity contribution in [3.05, 3.63) is 18.6 Å². The summed E-state index contributed by atoms with van der Waals surface area (Å²) >= 11 is 0. The summed E-state index contributed by atoms with van der Waals surface area (Å²) < 4.78 is 33.7. The maximum atomic E-state index is 12.7. The van der Waals surface area contributed by atoms with E-state index in [1.807, 2.05) is 12.3 Å². The number of aromatic amines is 1. The highest BCUT2D eigenvalue weighted by Gasteiger charge is 2.33. The molecule has 4 rings (SSSR count). The van der Waals surface area contributed by atoms with Gasteiger partial charge in [0.1, 0.15) is 17.8 Å². The molecule has 0 saturated carbocycles.